The van der Waals surface area contributed by atoms with Crippen LogP contribution in [-0.2, 0) is 5.41 Å². The Kier molecular flexibility index (Phi) is 17.0. The minimum atomic E-state index is -0.112. The van der Waals surface area contributed by atoms with Crippen LogP contribution in [0.5, 0.6) is 0 Å². The summed E-state index contributed by atoms with van der Waals surface area (Å²) in [5.41, 5.74) is 35.6. The number of imidazole rings is 2. The maximum atomic E-state index is 5.36. The summed E-state index contributed by atoms with van der Waals surface area (Å²) in [5.74, 6) is 1.64. The summed E-state index contributed by atoms with van der Waals surface area (Å²) < 4.78 is 9.04. The molecule has 24 aromatic rings. The molecule has 0 atom stereocenters. The monoisotopic (exact) mass is 1600 g/mol. The fourth-order valence-corrected chi connectivity index (χ4v) is 19.3. The van der Waals surface area contributed by atoms with E-state index < -0.39 is 0 Å². The molecule has 0 radical (unpaired) electrons. The molecule has 0 saturated heterocycles. The van der Waals surface area contributed by atoms with Crippen molar-refractivity contribution in [1.82, 2.24) is 37.9 Å². The van der Waals surface area contributed by atoms with Gasteiger partial charge < -0.3 is 9.80 Å². The number of benzene rings is 18. The minimum absolute atomic E-state index is 0.112. The minimum Gasteiger partial charge on any atom is -0.311 e. The van der Waals surface area contributed by atoms with Crippen molar-refractivity contribution in [2.24, 2.45) is 0 Å². The first-order chi connectivity index (χ1) is 61.7. The van der Waals surface area contributed by atoms with Crippen molar-refractivity contribution in [3.8, 4) is 78.7 Å². The van der Waals surface area contributed by atoms with Gasteiger partial charge in [-0.1, -0.05) is 293 Å². The van der Waals surface area contributed by atoms with Crippen molar-refractivity contribution in [1.29, 1.82) is 0 Å². The van der Waals surface area contributed by atoms with E-state index in [2.05, 4.69) is 454 Å². The van der Waals surface area contributed by atoms with E-state index in [9.17, 15) is 0 Å². The molecule has 6 heterocycles. The van der Waals surface area contributed by atoms with Crippen LogP contribution in [0.3, 0.4) is 0 Å². The maximum Gasteiger partial charge on any atom is 0.221 e. The molecule has 0 unspecified atom stereocenters. The number of hydrogen-bond donors (Lipinski definition) is 0. The molecule has 0 spiro atoms. The summed E-state index contributed by atoms with van der Waals surface area (Å²) in [6.45, 7) is 4.70. The number of aromatic nitrogens is 8. The van der Waals surface area contributed by atoms with Crippen LogP contribution < -0.4 is 9.80 Å². The Bertz CT molecular complexity index is 8250. The number of hydrogen-bond acceptors (Lipinski definition) is 6. The number of anilines is 6. The zero-order valence-corrected chi connectivity index (χ0v) is 68.5. The Balaban J connectivity index is 0.000000140. The molecule has 10 nitrogen and oxygen atoms in total. The smallest absolute Gasteiger partial charge is 0.221 e. The lowest BCUT2D eigenvalue weighted by Gasteiger charge is -2.28. The normalized spacial score (nSPS) is 12.3. The van der Waals surface area contributed by atoms with Gasteiger partial charge in [-0.2, -0.15) is 0 Å². The van der Waals surface area contributed by atoms with Gasteiger partial charge >= 0.3 is 0 Å². The second kappa shape index (κ2) is 29.4. The SMILES string of the molecule is CC1(C)c2ccccc2-c2ccc(N(c3ccc(-c4ccccc4)cc3)c3ccc(-c4ccc5c(c4)c4ccccc4n5-c4nc5ccccc5c5nc6ccccc6n45)cc3)cc21.c1ccc(-c2ccc(N(c3ccc(-c4ccccc4)cc3)c3ccc(-c4ccc5c(c4)c4ccccc4n5-c4nc5ccccc5c5nc6ccccc6n45)cc3)cc2)cc1. The molecule has 1 aliphatic carbocycles. The van der Waals surface area contributed by atoms with Gasteiger partial charge in [0.05, 0.1) is 55.2 Å². The first-order valence-corrected chi connectivity index (χ1v) is 42.7. The summed E-state index contributed by atoms with van der Waals surface area (Å²) in [6.07, 6.45) is 0. The fourth-order valence-electron chi connectivity index (χ4n) is 19.3. The summed E-state index contributed by atoms with van der Waals surface area (Å²) >= 11 is 0. The van der Waals surface area contributed by atoms with Gasteiger partial charge in [-0.05, 0) is 236 Å². The van der Waals surface area contributed by atoms with Gasteiger partial charge in [0, 0.05) is 71.9 Å². The second-order valence-electron chi connectivity index (χ2n) is 32.9. The first kappa shape index (κ1) is 72.5. The van der Waals surface area contributed by atoms with Crippen molar-refractivity contribution in [3.63, 3.8) is 0 Å². The highest BCUT2D eigenvalue weighted by molar-refractivity contribution is 6.13. The van der Waals surface area contributed by atoms with Crippen LogP contribution in [0.15, 0.2) is 437 Å². The average Bonchev–Trinajstić information content (AvgIpc) is 1.58. The lowest BCUT2D eigenvalue weighted by atomic mass is 9.82. The fraction of sp³-hybridized carbons (Fsp3) is 0.0261. The number of fused-ring (bicyclic) bond motifs is 19. The first-order valence-electron chi connectivity index (χ1n) is 42.7. The molecule has 0 N–H and O–H groups in total. The molecule has 125 heavy (non-hydrogen) atoms. The van der Waals surface area contributed by atoms with Crippen LogP contribution >= 0.6 is 0 Å². The molecule has 6 aromatic heterocycles. The number of nitrogens with zero attached hydrogens (tertiary/aromatic N) is 10. The number of para-hydroxylation sites is 8. The summed E-state index contributed by atoms with van der Waals surface area (Å²) in [7, 11) is 0. The molecule has 0 saturated carbocycles. The highest BCUT2D eigenvalue weighted by atomic mass is 15.2. The van der Waals surface area contributed by atoms with E-state index in [-0.39, 0.29) is 5.41 Å². The van der Waals surface area contributed by atoms with E-state index in [0.29, 0.717) is 0 Å². The van der Waals surface area contributed by atoms with Gasteiger partial charge in [0.25, 0.3) is 0 Å². The largest absolute Gasteiger partial charge is 0.311 e. The Morgan fingerprint density at radius 2 is 0.488 bits per heavy atom. The van der Waals surface area contributed by atoms with E-state index in [1.165, 1.54) is 77.2 Å². The molecule has 0 amide bonds. The third kappa shape index (κ3) is 12.2. The zero-order valence-electron chi connectivity index (χ0n) is 68.5. The van der Waals surface area contributed by atoms with Crippen LogP contribution in [-0.4, -0.2) is 37.9 Å². The van der Waals surface area contributed by atoms with Crippen LogP contribution in [0.25, 0.3) is 177 Å². The number of rotatable bonds is 13. The van der Waals surface area contributed by atoms with Crippen LogP contribution in [0, 0.1) is 0 Å². The van der Waals surface area contributed by atoms with E-state index >= 15 is 0 Å². The zero-order chi connectivity index (χ0) is 82.8. The van der Waals surface area contributed by atoms with E-state index in [4.69, 9.17) is 19.9 Å². The highest BCUT2D eigenvalue weighted by Crippen LogP contribution is 2.52. The molecular formula is C115H78N10. The Labute approximate surface area is 721 Å². The van der Waals surface area contributed by atoms with Crippen molar-refractivity contribution < 1.29 is 0 Å². The Morgan fingerprint density at radius 1 is 0.200 bits per heavy atom. The predicted molar refractivity (Wildman–Crippen MR) is 519 cm³/mol. The third-order valence-electron chi connectivity index (χ3n) is 25.4. The standard InChI is InChI=1S/C59H41N5.C56H37N5/c1-59(2)50-19-9-6-16-45(50)46-34-33-44(37-51(46)59)62(42-29-24-39(25-30-42)38-14-4-3-5-15-38)43-31-26-40(27-32-43)41-28-35-55-49(36-41)47-17-8-12-22-54(47)63(55)58-61-52-20-10-7-18-48(52)57-60-53-21-11-13-23-56(53)64(57)58;1-3-13-38(14-4-1)40-23-30-44(31-24-40)59(45-32-25-41(26-33-45)39-15-5-2-6-16-39)46-34-27-42(28-35-46)43-29-36-53-49(37-43)47-17-8-11-21-52(47)60(53)56-58-50-19-9-7-18-48(50)55-57-51-20-10-12-22-54(51)61(55)56/h3-37H,1-2H3;1-37H. The molecule has 588 valence electrons. The molecule has 18 aromatic carbocycles. The van der Waals surface area contributed by atoms with Crippen LogP contribution in [0.4, 0.5) is 34.1 Å². The lowest BCUT2D eigenvalue weighted by molar-refractivity contribution is 0.660. The second-order valence-corrected chi connectivity index (χ2v) is 32.9. The summed E-state index contributed by atoms with van der Waals surface area (Å²) in [6, 6.07) is 156. The maximum absolute atomic E-state index is 5.36. The van der Waals surface area contributed by atoms with Gasteiger partial charge in [-0.3, -0.25) is 17.9 Å². The quantitative estimate of drug-likeness (QED) is 0.114. The van der Waals surface area contributed by atoms with Crippen molar-refractivity contribution in [2.45, 2.75) is 19.3 Å². The highest BCUT2D eigenvalue weighted by Gasteiger charge is 2.36. The van der Waals surface area contributed by atoms with Crippen molar-refractivity contribution in [3.05, 3.63) is 448 Å². The van der Waals surface area contributed by atoms with Crippen LogP contribution in [0.2, 0.25) is 0 Å². The molecule has 1 aliphatic rings. The molecule has 10 heteroatoms. The molecular weight excluding hydrogens is 1520 g/mol. The van der Waals surface area contributed by atoms with Gasteiger partial charge in [0.2, 0.25) is 11.9 Å². The predicted octanol–water partition coefficient (Wildman–Crippen LogP) is 29.8. The van der Waals surface area contributed by atoms with Crippen molar-refractivity contribution in [2.75, 3.05) is 9.80 Å². The Hall–Kier alpha value is -16.6. The summed E-state index contributed by atoms with van der Waals surface area (Å²) in [4.78, 5) is 25.7. The molecule has 25 rings (SSSR count). The van der Waals surface area contributed by atoms with Gasteiger partial charge in [-0.25, -0.2) is 19.9 Å². The van der Waals surface area contributed by atoms with Crippen LogP contribution in [0.1, 0.15) is 25.0 Å². The molecule has 0 fully saturated rings. The molecule has 0 bridgehead atoms. The lowest BCUT2D eigenvalue weighted by Crippen LogP contribution is -2.16. The van der Waals surface area contributed by atoms with E-state index in [1.807, 2.05) is 24.3 Å². The Morgan fingerprint density at radius 3 is 0.896 bits per heavy atom. The molecule has 0 aliphatic heterocycles. The topological polar surface area (TPSA) is 76.7 Å². The average molecular weight is 1600 g/mol. The van der Waals surface area contributed by atoms with Gasteiger partial charge in [0.1, 0.15) is 11.3 Å². The van der Waals surface area contributed by atoms with Crippen molar-refractivity contribution >= 4 is 133 Å². The third-order valence-corrected chi connectivity index (χ3v) is 25.4. The van der Waals surface area contributed by atoms with E-state index in [0.717, 1.165) is 146 Å². The van der Waals surface area contributed by atoms with E-state index in [1.54, 1.807) is 0 Å². The van der Waals surface area contributed by atoms with Gasteiger partial charge in [-0.15, -0.1) is 0 Å². The van der Waals surface area contributed by atoms with Gasteiger partial charge in [0.15, 0.2) is 0 Å². The summed E-state index contributed by atoms with van der Waals surface area (Å²) in [5, 5.41) is 6.75.